The number of carbonyl (C=O) groups is 1. The van der Waals surface area contributed by atoms with Crippen LogP contribution in [0.5, 0.6) is 0 Å². The first-order valence-electron chi connectivity index (χ1n) is 9.98. The maximum atomic E-state index is 13.3. The molecule has 144 valence electrons. The molecule has 1 saturated carbocycles. The highest BCUT2D eigenvalue weighted by molar-refractivity contribution is 5.92. The number of hydrogen-bond acceptors (Lipinski definition) is 4. The third-order valence-corrected chi connectivity index (χ3v) is 5.79. The van der Waals surface area contributed by atoms with Gasteiger partial charge in [0.1, 0.15) is 5.69 Å². The van der Waals surface area contributed by atoms with E-state index < -0.39 is 0 Å². The summed E-state index contributed by atoms with van der Waals surface area (Å²) >= 11 is 0. The first-order valence-corrected chi connectivity index (χ1v) is 9.98. The fourth-order valence-corrected chi connectivity index (χ4v) is 4.17. The van der Waals surface area contributed by atoms with Crippen molar-refractivity contribution in [1.82, 2.24) is 24.0 Å². The Morgan fingerprint density at radius 1 is 1.07 bits per heavy atom. The second-order valence-corrected chi connectivity index (χ2v) is 7.81. The van der Waals surface area contributed by atoms with E-state index in [1.165, 1.54) is 12.8 Å². The Bertz CT molecular complexity index is 1070. The minimum absolute atomic E-state index is 0.00210. The summed E-state index contributed by atoms with van der Waals surface area (Å²) in [5, 5.41) is 0. The summed E-state index contributed by atoms with van der Waals surface area (Å²) < 4.78 is 3.69. The van der Waals surface area contributed by atoms with Crippen LogP contribution in [-0.4, -0.2) is 43.0 Å². The van der Waals surface area contributed by atoms with E-state index in [2.05, 4.69) is 9.97 Å². The molecular formula is C21H23N5O2. The first-order chi connectivity index (χ1) is 13.7. The summed E-state index contributed by atoms with van der Waals surface area (Å²) in [7, 11) is 0. The third kappa shape index (κ3) is 3.00. The molecule has 1 aliphatic carbocycles. The fraction of sp³-hybridized carbons (Fsp3) is 0.429. The van der Waals surface area contributed by atoms with Crippen LogP contribution < -0.4 is 5.69 Å². The van der Waals surface area contributed by atoms with E-state index in [0.29, 0.717) is 24.7 Å². The molecule has 1 atom stereocenters. The molecule has 2 fully saturated rings. The maximum absolute atomic E-state index is 13.3. The Morgan fingerprint density at radius 2 is 1.93 bits per heavy atom. The molecule has 3 aromatic rings. The minimum atomic E-state index is -0.0759. The first kappa shape index (κ1) is 17.2. The van der Waals surface area contributed by atoms with Crippen LogP contribution in [0.15, 0.2) is 47.5 Å². The van der Waals surface area contributed by atoms with Crippen molar-refractivity contribution in [3.05, 3.63) is 58.9 Å². The van der Waals surface area contributed by atoms with Gasteiger partial charge in [-0.25, -0.2) is 9.78 Å². The van der Waals surface area contributed by atoms with E-state index in [0.717, 1.165) is 30.6 Å². The molecular weight excluding hydrogens is 354 g/mol. The highest BCUT2D eigenvalue weighted by atomic mass is 16.2. The number of likely N-dealkylation sites (tertiary alicyclic amines) is 1. The summed E-state index contributed by atoms with van der Waals surface area (Å²) in [6, 6.07) is 9.15. The molecule has 1 aliphatic heterocycles. The summed E-state index contributed by atoms with van der Waals surface area (Å²) in [6.07, 6.45) is 7.47. The van der Waals surface area contributed by atoms with Crippen LogP contribution in [0.4, 0.5) is 0 Å². The van der Waals surface area contributed by atoms with Crippen LogP contribution in [0, 0.1) is 5.92 Å². The molecule has 0 N–H and O–H groups in total. The zero-order valence-electron chi connectivity index (χ0n) is 15.7. The van der Waals surface area contributed by atoms with Gasteiger partial charge in [-0.1, -0.05) is 6.07 Å². The van der Waals surface area contributed by atoms with Gasteiger partial charge >= 0.3 is 5.69 Å². The SMILES string of the molecule is O=C(c1ccccn1)N1CCC[C@H](n2c(=O)n(CC3CC3)c3cccnc32)C1. The van der Waals surface area contributed by atoms with E-state index in [-0.39, 0.29) is 17.6 Å². The number of aromatic nitrogens is 4. The van der Waals surface area contributed by atoms with Crippen molar-refractivity contribution in [2.75, 3.05) is 13.1 Å². The quantitative estimate of drug-likeness (QED) is 0.700. The molecule has 0 unspecified atom stereocenters. The number of imidazole rings is 1. The molecule has 0 spiro atoms. The third-order valence-electron chi connectivity index (χ3n) is 5.79. The van der Waals surface area contributed by atoms with Crippen LogP contribution in [0.1, 0.15) is 42.2 Å². The number of pyridine rings is 2. The Labute approximate surface area is 162 Å². The molecule has 1 saturated heterocycles. The van der Waals surface area contributed by atoms with Crippen molar-refractivity contribution in [2.24, 2.45) is 5.92 Å². The Kier molecular flexibility index (Phi) is 4.22. The lowest BCUT2D eigenvalue weighted by Crippen LogP contribution is -2.43. The number of amides is 1. The van der Waals surface area contributed by atoms with Gasteiger partial charge in [0.05, 0.1) is 11.6 Å². The number of piperidine rings is 1. The van der Waals surface area contributed by atoms with Gasteiger partial charge < -0.3 is 4.90 Å². The number of rotatable bonds is 4. The average molecular weight is 377 g/mol. The van der Waals surface area contributed by atoms with Gasteiger partial charge in [0, 0.05) is 32.0 Å². The smallest absolute Gasteiger partial charge is 0.330 e. The molecule has 0 aromatic carbocycles. The Hall–Kier alpha value is -2.96. The van der Waals surface area contributed by atoms with Gasteiger partial charge in [-0.2, -0.15) is 0 Å². The second-order valence-electron chi connectivity index (χ2n) is 7.81. The Morgan fingerprint density at radius 3 is 2.71 bits per heavy atom. The molecule has 3 aromatic heterocycles. The van der Waals surface area contributed by atoms with Crippen LogP contribution in [0.2, 0.25) is 0 Å². The average Bonchev–Trinajstić information content (AvgIpc) is 3.52. The van der Waals surface area contributed by atoms with Gasteiger partial charge in [0.15, 0.2) is 5.65 Å². The largest absolute Gasteiger partial charge is 0.335 e. The molecule has 4 heterocycles. The maximum Gasteiger partial charge on any atom is 0.330 e. The summed E-state index contributed by atoms with van der Waals surface area (Å²) in [6.45, 7) is 1.96. The summed E-state index contributed by atoms with van der Waals surface area (Å²) in [5.41, 5.74) is 2.07. The topological polar surface area (TPSA) is 73.0 Å². The van der Waals surface area contributed by atoms with Crippen molar-refractivity contribution in [3.8, 4) is 0 Å². The molecule has 7 heteroatoms. The number of nitrogens with zero attached hydrogens (tertiary/aromatic N) is 5. The van der Waals surface area contributed by atoms with Gasteiger partial charge in [-0.05, 0) is 55.9 Å². The van der Waals surface area contributed by atoms with Gasteiger partial charge in [-0.15, -0.1) is 0 Å². The predicted octanol–water partition coefficient (Wildman–Crippen LogP) is 2.48. The van der Waals surface area contributed by atoms with E-state index in [1.54, 1.807) is 24.5 Å². The predicted molar refractivity (Wildman–Crippen MR) is 105 cm³/mol. The van der Waals surface area contributed by atoms with Crippen LogP contribution in [-0.2, 0) is 6.54 Å². The standard InChI is InChI=1S/C21H23N5O2/c27-20(17-6-1-2-10-22-17)24-12-4-5-16(14-24)26-19-18(7-3-11-23-19)25(21(26)28)13-15-8-9-15/h1-3,6-7,10-11,15-16H,4-5,8-9,12-14H2/t16-/m0/s1. The molecule has 1 amide bonds. The van der Waals surface area contributed by atoms with Gasteiger partial charge in [0.25, 0.3) is 5.91 Å². The zero-order valence-corrected chi connectivity index (χ0v) is 15.7. The van der Waals surface area contributed by atoms with Crippen molar-refractivity contribution in [2.45, 2.75) is 38.3 Å². The van der Waals surface area contributed by atoms with E-state index in [1.807, 2.05) is 32.2 Å². The molecule has 0 radical (unpaired) electrons. The zero-order chi connectivity index (χ0) is 19.1. The van der Waals surface area contributed by atoms with Gasteiger partial charge in [0.2, 0.25) is 0 Å². The molecule has 5 rings (SSSR count). The van der Waals surface area contributed by atoms with Crippen LogP contribution in [0.3, 0.4) is 0 Å². The number of hydrogen-bond donors (Lipinski definition) is 0. The lowest BCUT2D eigenvalue weighted by molar-refractivity contribution is 0.0673. The molecule has 0 bridgehead atoms. The van der Waals surface area contributed by atoms with Crippen molar-refractivity contribution in [3.63, 3.8) is 0 Å². The number of fused-ring (bicyclic) bond motifs is 1. The van der Waals surface area contributed by atoms with Crippen molar-refractivity contribution >= 4 is 17.1 Å². The summed E-state index contributed by atoms with van der Waals surface area (Å²) in [4.78, 5) is 36.6. The van der Waals surface area contributed by atoms with E-state index in [9.17, 15) is 9.59 Å². The van der Waals surface area contributed by atoms with E-state index in [4.69, 9.17) is 0 Å². The van der Waals surface area contributed by atoms with Crippen LogP contribution >= 0.6 is 0 Å². The second kappa shape index (κ2) is 6.89. The number of carbonyl (C=O) groups excluding carboxylic acids is 1. The lowest BCUT2D eigenvalue weighted by atomic mass is 10.0. The van der Waals surface area contributed by atoms with E-state index >= 15 is 0 Å². The normalized spacial score (nSPS) is 19.9. The fourth-order valence-electron chi connectivity index (χ4n) is 4.17. The highest BCUT2D eigenvalue weighted by Gasteiger charge is 2.31. The summed E-state index contributed by atoms with van der Waals surface area (Å²) in [5.74, 6) is 0.526. The van der Waals surface area contributed by atoms with Crippen molar-refractivity contribution < 1.29 is 4.79 Å². The minimum Gasteiger partial charge on any atom is -0.335 e. The lowest BCUT2D eigenvalue weighted by Gasteiger charge is -2.33. The molecule has 28 heavy (non-hydrogen) atoms. The van der Waals surface area contributed by atoms with Crippen LogP contribution in [0.25, 0.3) is 11.2 Å². The Balaban J connectivity index is 1.49. The highest BCUT2D eigenvalue weighted by Crippen LogP contribution is 2.32. The van der Waals surface area contributed by atoms with Crippen molar-refractivity contribution in [1.29, 1.82) is 0 Å². The van der Waals surface area contributed by atoms with Gasteiger partial charge in [-0.3, -0.25) is 18.9 Å². The molecule has 2 aliphatic rings. The molecule has 7 nitrogen and oxygen atoms in total. The monoisotopic (exact) mass is 377 g/mol.